The first-order chi connectivity index (χ1) is 9.56. The van der Waals surface area contributed by atoms with E-state index in [-0.39, 0.29) is 0 Å². The first-order valence-electron chi connectivity index (χ1n) is 9.07. The number of hydrogen-bond acceptors (Lipinski definition) is 2. The second-order valence-corrected chi connectivity index (χ2v) is 7.78. The van der Waals surface area contributed by atoms with Gasteiger partial charge < -0.3 is 5.32 Å². The van der Waals surface area contributed by atoms with E-state index in [1.165, 1.54) is 64.5 Å². The third kappa shape index (κ3) is 3.98. The molecule has 1 saturated carbocycles. The molecule has 1 heterocycles. The van der Waals surface area contributed by atoms with E-state index in [4.69, 9.17) is 0 Å². The van der Waals surface area contributed by atoms with Crippen molar-refractivity contribution in [1.29, 1.82) is 0 Å². The summed E-state index contributed by atoms with van der Waals surface area (Å²) in [7, 11) is 0. The average molecular weight is 280 g/mol. The summed E-state index contributed by atoms with van der Waals surface area (Å²) < 4.78 is 0. The van der Waals surface area contributed by atoms with Gasteiger partial charge >= 0.3 is 0 Å². The van der Waals surface area contributed by atoms with Crippen LogP contribution in [0.4, 0.5) is 0 Å². The van der Waals surface area contributed by atoms with Crippen LogP contribution in [0, 0.1) is 5.92 Å². The Morgan fingerprint density at radius 3 is 2.40 bits per heavy atom. The molecule has 1 saturated heterocycles. The maximum Gasteiger partial charge on any atom is 0.0309 e. The SMILES string of the molecule is CCC1CNC2(CCCCC2)CN1C(C)CCC(C)C. The van der Waals surface area contributed by atoms with Gasteiger partial charge in [0.2, 0.25) is 0 Å². The van der Waals surface area contributed by atoms with Crippen LogP contribution < -0.4 is 5.32 Å². The van der Waals surface area contributed by atoms with E-state index in [2.05, 4.69) is 37.9 Å². The lowest BCUT2D eigenvalue weighted by molar-refractivity contribution is 0.0237. The van der Waals surface area contributed by atoms with Crippen molar-refractivity contribution in [3.63, 3.8) is 0 Å². The van der Waals surface area contributed by atoms with Crippen LogP contribution >= 0.6 is 0 Å². The average Bonchev–Trinajstić information content (AvgIpc) is 2.45. The standard InChI is InChI=1S/C18H36N2/c1-5-17-13-19-18(11-7-6-8-12-18)14-20(17)16(4)10-9-15(2)3/h15-17,19H,5-14H2,1-4H3. The molecular formula is C18H36N2. The van der Waals surface area contributed by atoms with Crippen molar-refractivity contribution >= 4 is 0 Å². The zero-order valence-corrected chi connectivity index (χ0v) is 14.3. The van der Waals surface area contributed by atoms with Crippen molar-refractivity contribution in [2.45, 2.75) is 96.7 Å². The summed E-state index contributed by atoms with van der Waals surface area (Å²) >= 11 is 0. The fraction of sp³-hybridized carbons (Fsp3) is 1.00. The molecule has 0 amide bonds. The van der Waals surface area contributed by atoms with Gasteiger partial charge in [0.25, 0.3) is 0 Å². The Labute approximate surface area is 126 Å². The second-order valence-electron chi connectivity index (χ2n) is 7.78. The Hall–Kier alpha value is -0.0800. The largest absolute Gasteiger partial charge is 0.308 e. The predicted octanol–water partition coefficient (Wildman–Crippen LogP) is 4.20. The molecule has 0 bridgehead atoms. The van der Waals surface area contributed by atoms with Crippen LogP contribution in [0.1, 0.15) is 79.1 Å². The number of nitrogens with one attached hydrogen (secondary N) is 1. The van der Waals surface area contributed by atoms with E-state index < -0.39 is 0 Å². The van der Waals surface area contributed by atoms with Gasteiger partial charge in [-0.25, -0.2) is 0 Å². The van der Waals surface area contributed by atoms with Gasteiger partial charge in [0.15, 0.2) is 0 Å². The molecule has 0 radical (unpaired) electrons. The Bertz CT molecular complexity index is 281. The third-order valence-corrected chi connectivity index (χ3v) is 5.68. The van der Waals surface area contributed by atoms with Crippen molar-refractivity contribution in [3.8, 4) is 0 Å². The zero-order chi connectivity index (χ0) is 14.6. The van der Waals surface area contributed by atoms with Crippen molar-refractivity contribution in [2.75, 3.05) is 13.1 Å². The first kappa shape index (κ1) is 16.3. The fourth-order valence-electron chi connectivity index (χ4n) is 4.18. The van der Waals surface area contributed by atoms with E-state index >= 15 is 0 Å². The maximum absolute atomic E-state index is 3.94. The number of nitrogens with zero attached hydrogens (tertiary/aromatic N) is 1. The summed E-state index contributed by atoms with van der Waals surface area (Å²) in [6.07, 6.45) is 11.1. The Morgan fingerprint density at radius 2 is 1.80 bits per heavy atom. The van der Waals surface area contributed by atoms with Gasteiger partial charge in [-0.3, -0.25) is 4.90 Å². The Balaban J connectivity index is 1.98. The quantitative estimate of drug-likeness (QED) is 0.812. The summed E-state index contributed by atoms with van der Waals surface area (Å²) in [6.45, 7) is 12.0. The summed E-state index contributed by atoms with van der Waals surface area (Å²) in [4.78, 5) is 2.85. The molecule has 0 aromatic heterocycles. The van der Waals surface area contributed by atoms with Crippen LogP contribution in [0.5, 0.6) is 0 Å². The van der Waals surface area contributed by atoms with Gasteiger partial charge in [-0.2, -0.15) is 0 Å². The van der Waals surface area contributed by atoms with Crippen LogP contribution in [0.2, 0.25) is 0 Å². The van der Waals surface area contributed by atoms with Crippen molar-refractivity contribution < 1.29 is 0 Å². The molecule has 2 unspecified atom stereocenters. The molecule has 1 N–H and O–H groups in total. The van der Waals surface area contributed by atoms with E-state index in [9.17, 15) is 0 Å². The van der Waals surface area contributed by atoms with Crippen LogP contribution in [0.25, 0.3) is 0 Å². The lowest BCUT2D eigenvalue weighted by atomic mass is 9.78. The summed E-state index contributed by atoms with van der Waals surface area (Å²) in [5, 5.41) is 3.94. The lowest BCUT2D eigenvalue weighted by Crippen LogP contribution is -2.66. The highest BCUT2D eigenvalue weighted by Gasteiger charge is 2.40. The molecule has 0 aromatic rings. The van der Waals surface area contributed by atoms with E-state index in [0.717, 1.165) is 18.0 Å². The molecule has 2 rings (SSSR count). The first-order valence-corrected chi connectivity index (χ1v) is 9.07. The van der Waals surface area contributed by atoms with Crippen molar-refractivity contribution in [1.82, 2.24) is 10.2 Å². The molecule has 20 heavy (non-hydrogen) atoms. The topological polar surface area (TPSA) is 15.3 Å². The minimum atomic E-state index is 0.454. The lowest BCUT2D eigenvalue weighted by Gasteiger charge is -2.51. The minimum Gasteiger partial charge on any atom is -0.308 e. The molecule has 1 spiro atoms. The molecule has 2 heteroatoms. The smallest absolute Gasteiger partial charge is 0.0309 e. The minimum absolute atomic E-state index is 0.454. The number of hydrogen-bond donors (Lipinski definition) is 1. The number of rotatable bonds is 5. The van der Waals surface area contributed by atoms with Crippen molar-refractivity contribution in [3.05, 3.63) is 0 Å². The molecule has 1 aliphatic carbocycles. The van der Waals surface area contributed by atoms with Crippen molar-refractivity contribution in [2.24, 2.45) is 5.92 Å². The normalized spacial score (nSPS) is 28.9. The Morgan fingerprint density at radius 1 is 1.10 bits per heavy atom. The highest BCUT2D eigenvalue weighted by molar-refractivity contribution is 5.00. The van der Waals surface area contributed by atoms with Gasteiger partial charge in [0.05, 0.1) is 0 Å². The predicted molar refractivity (Wildman–Crippen MR) is 88.1 cm³/mol. The van der Waals surface area contributed by atoms with E-state index in [1.807, 2.05) is 0 Å². The van der Waals surface area contributed by atoms with Gasteiger partial charge in [-0.15, -0.1) is 0 Å². The maximum atomic E-state index is 3.94. The summed E-state index contributed by atoms with van der Waals surface area (Å²) in [5.41, 5.74) is 0.454. The molecule has 118 valence electrons. The zero-order valence-electron chi connectivity index (χ0n) is 14.3. The highest BCUT2D eigenvalue weighted by atomic mass is 15.3. The van der Waals surface area contributed by atoms with Crippen LogP contribution in [0.3, 0.4) is 0 Å². The van der Waals surface area contributed by atoms with Crippen LogP contribution in [0.15, 0.2) is 0 Å². The molecular weight excluding hydrogens is 244 g/mol. The Kier molecular flexibility index (Phi) is 5.92. The molecule has 0 aromatic carbocycles. The molecule has 2 atom stereocenters. The van der Waals surface area contributed by atoms with Crippen LogP contribution in [-0.2, 0) is 0 Å². The monoisotopic (exact) mass is 280 g/mol. The third-order valence-electron chi connectivity index (χ3n) is 5.68. The van der Waals surface area contributed by atoms with Gasteiger partial charge in [-0.1, -0.05) is 40.0 Å². The molecule has 2 nitrogen and oxygen atoms in total. The van der Waals surface area contributed by atoms with Crippen LogP contribution in [-0.4, -0.2) is 35.6 Å². The highest BCUT2D eigenvalue weighted by Crippen LogP contribution is 2.33. The van der Waals surface area contributed by atoms with E-state index in [1.54, 1.807) is 0 Å². The van der Waals surface area contributed by atoms with Gasteiger partial charge in [-0.05, 0) is 44.9 Å². The number of piperazine rings is 1. The molecule has 2 fully saturated rings. The second kappa shape index (κ2) is 7.26. The fourth-order valence-corrected chi connectivity index (χ4v) is 4.18. The van der Waals surface area contributed by atoms with Gasteiger partial charge in [0.1, 0.15) is 0 Å². The molecule has 1 aliphatic heterocycles. The van der Waals surface area contributed by atoms with Gasteiger partial charge in [0, 0.05) is 30.7 Å². The summed E-state index contributed by atoms with van der Waals surface area (Å²) in [6, 6.07) is 1.51. The summed E-state index contributed by atoms with van der Waals surface area (Å²) in [5.74, 6) is 0.837. The van der Waals surface area contributed by atoms with E-state index in [0.29, 0.717) is 5.54 Å². The molecule has 2 aliphatic rings.